The van der Waals surface area contributed by atoms with Crippen molar-refractivity contribution in [1.82, 2.24) is 20.0 Å². The topological polar surface area (TPSA) is 55.6 Å². The summed E-state index contributed by atoms with van der Waals surface area (Å²) < 4.78 is 1.98. The van der Waals surface area contributed by atoms with Crippen molar-refractivity contribution in [3.05, 3.63) is 23.0 Å². The van der Waals surface area contributed by atoms with E-state index in [1.807, 2.05) is 16.9 Å². The van der Waals surface area contributed by atoms with Crippen molar-refractivity contribution in [3.8, 4) is 0 Å². The van der Waals surface area contributed by atoms with Crippen LogP contribution in [0, 0.1) is 5.92 Å². The first kappa shape index (κ1) is 13.0. The monoisotopic (exact) mass is 265 g/mol. The van der Waals surface area contributed by atoms with Gasteiger partial charge in [-0.3, -0.25) is 4.68 Å². The highest BCUT2D eigenvalue weighted by Crippen LogP contribution is 2.18. The SMILES string of the molecule is CCn1nccc1CNc1nnc(CC(C)C)s1. The molecule has 0 unspecified atom stereocenters. The van der Waals surface area contributed by atoms with Crippen LogP contribution in [0.3, 0.4) is 0 Å². The van der Waals surface area contributed by atoms with Crippen LogP contribution in [-0.2, 0) is 19.5 Å². The molecule has 5 nitrogen and oxygen atoms in total. The Morgan fingerprint density at radius 3 is 2.94 bits per heavy atom. The molecule has 0 saturated carbocycles. The molecule has 0 aliphatic heterocycles. The fraction of sp³-hybridized carbons (Fsp3) is 0.583. The van der Waals surface area contributed by atoms with E-state index >= 15 is 0 Å². The van der Waals surface area contributed by atoms with Crippen LogP contribution in [0.2, 0.25) is 0 Å². The summed E-state index contributed by atoms with van der Waals surface area (Å²) in [5, 5.41) is 17.8. The minimum Gasteiger partial charge on any atom is -0.354 e. The molecular formula is C12H19N5S. The third-order valence-electron chi connectivity index (χ3n) is 2.57. The molecule has 0 amide bonds. The molecule has 2 rings (SSSR count). The van der Waals surface area contributed by atoms with E-state index in [-0.39, 0.29) is 0 Å². The third kappa shape index (κ3) is 3.29. The number of aromatic nitrogens is 4. The van der Waals surface area contributed by atoms with E-state index < -0.39 is 0 Å². The van der Waals surface area contributed by atoms with E-state index in [9.17, 15) is 0 Å². The zero-order valence-corrected chi connectivity index (χ0v) is 11.9. The fourth-order valence-corrected chi connectivity index (χ4v) is 2.67. The summed E-state index contributed by atoms with van der Waals surface area (Å²) >= 11 is 1.63. The standard InChI is InChI=1S/C12H19N5S/c1-4-17-10(5-6-14-17)8-13-12-16-15-11(18-12)7-9(2)3/h5-6,9H,4,7-8H2,1-3H3,(H,13,16). The second-order valence-electron chi connectivity index (χ2n) is 4.59. The smallest absolute Gasteiger partial charge is 0.205 e. The molecule has 18 heavy (non-hydrogen) atoms. The molecule has 0 atom stereocenters. The molecule has 0 aromatic carbocycles. The number of aryl methyl sites for hydroxylation is 1. The van der Waals surface area contributed by atoms with Crippen molar-refractivity contribution in [2.45, 2.75) is 40.3 Å². The van der Waals surface area contributed by atoms with E-state index in [1.54, 1.807) is 11.3 Å². The third-order valence-corrected chi connectivity index (χ3v) is 3.48. The Labute approximate surface area is 111 Å². The summed E-state index contributed by atoms with van der Waals surface area (Å²) in [6.07, 6.45) is 2.82. The molecule has 0 radical (unpaired) electrons. The van der Waals surface area contributed by atoms with Crippen molar-refractivity contribution in [1.29, 1.82) is 0 Å². The summed E-state index contributed by atoms with van der Waals surface area (Å²) in [7, 11) is 0. The Bertz CT molecular complexity index is 488. The molecule has 0 bridgehead atoms. The maximum atomic E-state index is 4.24. The first-order chi connectivity index (χ1) is 8.69. The predicted molar refractivity (Wildman–Crippen MR) is 73.7 cm³/mol. The number of anilines is 1. The summed E-state index contributed by atoms with van der Waals surface area (Å²) in [6, 6.07) is 2.02. The lowest BCUT2D eigenvalue weighted by Crippen LogP contribution is -2.07. The van der Waals surface area contributed by atoms with Crippen LogP contribution >= 0.6 is 11.3 Å². The Hall–Kier alpha value is -1.43. The fourth-order valence-electron chi connectivity index (χ4n) is 1.72. The van der Waals surface area contributed by atoms with Crippen LogP contribution in [0.15, 0.2) is 12.3 Å². The second kappa shape index (κ2) is 5.95. The van der Waals surface area contributed by atoms with Gasteiger partial charge in [0.05, 0.1) is 12.2 Å². The molecule has 0 aliphatic carbocycles. The highest BCUT2D eigenvalue weighted by Gasteiger charge is 2.07. The van der Waals surface area contributed by atoms with Gasteiger partial charge in [-0.05, 0) is 18.9 Å². The van der Waals surface area contributed by atoms with E-state index in [4.69, 9.17) is 0 Å². The number of nitrogens with one attached hydrogen (secondary N) is 1. The molecule has 0 spiro atoms. The Balaban J connectivity index is 1.92. The van der Waals surface area contributed by atoms with E-state index in [1.165, 1.54) is 0 Å². The molecular weight excluding hydrogens is 246 g/mol. The molecule has 2 heterocycles. The van der Waals surface area contributed by atoms with Gasteiger partial charge in [-0.15, -0.1) is 10.2 Å². The zero-order valence-electron chi connectivity index (χ0n) is 11.1. The molecule has 0 fully saturated rings. The van der Waals surface area contributed by atoms with Gasteiger partial charge < -0.3 is 5.32 Å². The summed E-state index contributed by atoms with van der Waals surface area (Å²) in [6.45, 7) is 8.09. The van der Waals surface area contributed by atoms with Crippen LogP contribution < -0.4 is 5.32 Å². The Morgan fingerprint density at radius 1 is 1.39 bits per heavy atom. The molecule has 0 aliphatic rings. The molecule has 0 saturated heterocycles. The van der Waals surface area contributed by atoms with Gasteiger partial charge in [0, 0.05) is 19.2 Å². The quantitative estimate of drug-likeness (QED) is 0.872. The van der Waals surface area contributed by atoms with Gasteiger partial charge in [0.25, 0.3) is 0 Å². The number of hydrogen-bond acceptors (Lipinski definition) is 5. The first-order valence-electron chi connectivity index (χ1n) is 6.26. The average molecular weight is 265 g/mol. The normalized spacial score (nSPS) is 11.1. The van der Waals surface area contributed by atoms with Crippen LogP contribution in [-0.4, -0.2) is 20.0 Å². The maximum absolute atomic E-state index is 4.24. The predicted octanol–water partition coefficient (Wildman–Crippen LogP) is 2.57. The van der Waals surface area contributed by atoms with Gasteiger partial charge in [0.15, 0.2) is 0 Å². The molecule has 2 aromatic rings. The first-order valence-corrected chi connectivity index (χ1v) is 7.07. The zero-order chi connectivity index (χ0) is 13.0. The van der Waals surface area contributed by atoms with E-state index in [2.05, 4.69) is 41.4 Å². The lowest BCUT2D eigenvalue weighted by molar-refractivity contribution is 0.627. The van der Waals surface area contributed by atoms with Gasteiger partial charge in [-0.1, -0.05) is 25.2 Å². The maximum Gasteiger partial charge on any atom is 0.205 e. The van der Waals surface area contributed by atoms with E-state index in [0.717, 1.165) is 35.3 Å². The van der Waals surface area contributed by atoms with Gasteiger partial charge >= 0.3 is 0 Å². The van der Waals surface area contributed by atoms with Crippen molar-refractivity contribution in [3.63, 3.8) is 0 Å². The van der Waals surface area contributed by atoms with Gasteiger partial charge in [-0.25, -0.2) is 0 Å². The highest BCUT2D eigenvalue weighted by molar-refractivity contribution is 7.15. The average Bonchev–Trinajstić information content (AvgIpc) is 2.93. The molecule has 2 aromatic heterocycles. The largest absolute Gasteiger partial charge is 0.354 e. The molecule has 98 valence electrons. The van der Waals surface area contributed by atoms with Crippen LogP contribution in [0.5, 0.6) is 0 Å². The second-order valence-corrected chi connectivity index (χ2v) is 5.65. The molecule has 1 N–H and O–H groups in total. The Kier molecular flexibility index (Phi) is 4.30. The summed E-state index contributed by atoms with van der Waals surface area (Å²) in [5.74, 6) is 0.618. The van der Waals surface area contributed by atoms with Gasteiger partial charge in [-0.2, -0.15) is 5.10 Å². The van der Waals surface area contributed by atoms with Crippen molar-refractivity contribution in [2.75, 3.05) is 5.32 Å². The van der Waals surface area contributed by atoms with Crippen LogP contribution in [0.4, 0.5) is 5.13 Å². The van der Waals surface area contributed by atoms with Crippen molar-refractivity contribution in [2.24, 2.45) is 5.92 Å². The molecule has 6 heteroatoms. The van der Waals surface area contributed by atoms with Crippen LogP contribution in [0.25, 0.3) is 0 Å². The minimum atomic E-state index is 0.618. The van der Waals surface area contributed by atoms with Crippen molar-refractivity contribution >= 4 is 16.5 Å². The minimum absolute atomic E-state index is 0.618. The lowest BCUT2D eigenvalue weighted by Gasteiger charge is -2.04. The Morgan fingerprint density at radius 2 is 2.22 bits per heavy atom. The lowest BCUT2D eigenvalue weighted by atomic mass is 10.1. The van der Waals surface area contributed by atoms with Gasteiger partial charge in [0.1, 0.15) is 5.01 Å². The van der Waals surface area contributed by atoms with Crippen LogP contribution in [0.1, 0.15) is 31.5 Å². The summed E-state index contributed by atoms with van der Waals surface area (Å²) in [4.78, 5) is 0. The highest BCUT2D eigenvalue weighted by atomic mass is 32.1. The van der Waals surface area contributed by atoms with E-state index in [0.29, 0.717) is 5.92 Å². The van der Waals surface area contributed by atoms with Gasteiger partial charge in [0.2, 0.25) is 5.13 Å². The van der Waals surface area contributed by atoms with Crippen molar-refractivity contribution < 1.29 is 0 Å². The number of hydrogen-bond donors (Lipinski definition) is 1. The summed E-state index contributed by atoms with van der Waals surface area (Å²) in [5.41, 5.74) is 1.16. The number of rotatable bonds is 6. The number of nitrogens with zero attached hydrogens (tertiary/aromatic N) is 4.